The lowest BCUT2D eigenvalue weighted by Crippen LogP contribution is -2.61. The minimum atomic E-state index is -2.91. The van der Waals surface area contributed by atoms with Gasteiger partial charge in [-0.2, -0.15) is 8.42 Å². The largest absolute Gasteiger partial charge is 0.390 e. The molecule has 4 rings (SSSR count). The highest BCUT2D eigenvalue weighted by atomic mass is 32.2. The Labute approximate surface area is 318 Å². The molecule has 0 bridgehead atoms. The van der Waals surface area contributed by atoms with Crippen LogP contribution in [0.4, 0.5) is 0 Å². The summed E-state index contributed by atoms with van der Waals surface area (Å²) in [5.41, 5.74) is 0. The summed E-state index contributed by atoms with van der Waals surface area (Å²) in [6, 6.07) is 0. The number of hydrogen-bond acceptors (Lipinski definition) is 23. The Morgan fingerprint density at radius 3 is 1.55 bits per heavy atom. The van der Waals surface area contributed by atoms with E-state index in [-0.39, 0.29) is 13.2 Å². The molecule has 10 N–H and O–H groups in total. The van der Waals surface area contributed by atoms with Crippen LogP contribution in [0.1, 0.15) is 20.8 Å². The van der Waals surface area contributed by atoms with E-state index in [1.165, 1.54) is 21.0 Å². The van der Waals surface area contributed by atoms with Gasteiger partial charge in [-0.25, -0.2) is 14.7 Å². The molecule has 25 nitrogen and oxygen atoms in total. The molecule has 0 aliphatic carbocycles. The number of hydrogen-bond donors (Lipinski definition) is 10. The molecular weight excluding hydrogens is 800 g/mol. The van der Waals surface area contributed by atoms with E-state index in [0.717, 1.165) is 0 Å². The second-order valence-corrected chi connectivity index (χ2v) is 14.5. The minimum Gasteiger partial charge on any atom is -0.390 e. The number of rotatable bonds is 18. The topological polar surface area (TPSA) is 356 Å². The van der Waals surface area contributed by atoms with Crippen molar-refractivity contribution in [1.82, 2.24) is 0 Å². The van der Waals surface area contributed by atoms with Gasteiger partial charge in [-0.15, -0.1) is 8.67 Å². The van der Waals surface area contributed by atoms with Gasteiger partial charge in [-0.3, -0.25) is 14.4 Å². The van der Waals surface area contributed by atoms with Crippen molar-refractivity contribution in [2.45, 2.75) is 125 Å². The standard InChI is InChI=1S/C28H50O25S2/c1-9-16(29)12(13(25(41-4)46-9)6-43-28-21(34)19(32)18(31)15(49-28)8-45-36)5-42-26-17(30)14(23(10(2)47-26)50-52-54(37)38)7-44-27-22(35)20(33)24(11(3)48-27)51-53-55(39)40/h9-36H,5-8H2,1-4H3,(H,37,38)(H,39,40)/t9?,10?,11?,12-,13?,14-,15?,16-,17?,18-,19-,20-,21?,22?,23-,24-,25-,26-,27-,28+/m1/s1. The van der Waals surface area contributed by atoms with Crippen LogP contribution in [0.5, 0.6) is 0 Å². The smallest absolute Gasteiger partial charge is 0.331 e. The third kappa shape index (κ3) is 11.8. The van der Waals surface area contributed by atoms with Gasteiger partial charge < -0.3 is 73.6 Å². The maximum Gasteiger partial charge on any atom is 0.331 e. The van der Waals surface area contributed by atoms with Gasteiger partial charge in [0, 0.05) is 24.9 Å². The maximum absolute atomic E-state index is 11.5. The molecule has 0 radical (unpaired) electrons. The summed E-state index contributed by atoms with van der Waals surface area (Å²) in [6.45, 7) is 2.57. The monoisotopic (exact) mass is 850 g/mol. The summed E-state index contributed by atoms with van der Waals surface area (Å²) in [5, 5.41) is 83.7. The van der Waals surface area contributed by atoms with E-state index < -0.39 is 158 Å². The van der Waals surface area contributed by atoms with Crippen LogP contribution in [0.3, 0.4) is 0 Å². The van der Waals surface area contributed by atoms with E-state index in [9.17, 15) is 44.2 Å². The molecule has 0 amide bonds. The highest BCUT2D eigenvalue weighted by Gasteiger charge is 2.51. The fourth-order valence-electron chi connectivity index (χ4n) is 6.76. The Bertz CT molecular complexity index is 1210. The van der Waals surface area contributed by atoms with Crippen molar-refractivity contribution in [1.29, 1.82) is 0 Å². The Morgan fingerprint density at radius 2 is 0.982 bits per heavy atom. The van der Waals surface area contributed by atoms with Crippen LogP contribution in [-0.4, -0.2) is 197 Å². The molecule has 22 atom stereocenters. The second kappa shape index (κ2) is 21.6. The molecule has 0 aromatic heterocycles. The van der Waals surface area contributed by atoms with Crippen molar-refractivity contribution in [2.75, 3.05) is 33.5 Å². The van der Waals surface area contributed by atoms with Crippen LogP contribution in [-0.2, 0) is 83.9 Å². The van der Waals surface area contributed by atoms with Crippen molar-refractivity contribution in [3.8, 4) is 0 Å². The van der Waals surface area contributed by atoms with Crippen molar-refractivity contribution in [3.05, 3.63) is 0 Å². The van der Waals surface area contributed by atoms with Gasteiger partial charge in [-0.05, 0) is 20.8 Å². The SMILES string of the molecule is CO[C@@H]1OC(C)[C@@H](O)[C@H](CO[C@@H]2OC(C)[C@@H](OOS(=O)O)[C@H](CO[C@@H]3OC(C)[C@@H](OOS(=O)O)[C@H](O)C3O)C2O)C1CO[C@H]1OC(COO)[C@@H](O)[C@@H](O)C1O. The molecule has 4 fully saturated rings. The molecular formula is C28H50O25S2. The summed E-state index contributed by atoms with van der Waals surface area (Å²) in [4.78, 5) is 13.8. The van der Waals surface area contributed by atoms with Gasteiger partial charge in [0.2, 0.25) is 0 Å². The predicted molar refractivity (Wildman–Crippen MR) is 171 cm³/mol. The van der Waals surface area contributed by atoms with Crippen molar-refractivity contribution >= 4 is 22.7 Å². The Morgan fingerprint density at radius 1 is 0.509 bits per heavy atom. The van der Waals surface area contributed by atoms with Gasteiger partial charge in [0.15, 0.2) is 25.2 Å². The summed E-state index contributed by atoms with van der Waals surface area (Å²) in [7, 11) is 1.33. The van der Waals surface area contributed by atoms with Gasteiger partial charge in [0.1, 0.15) is 61.5 Å². The molecule has 0 saturated carbocycles. The first-order valence-corrected chi connectivity index (χ1v) is 19.0. The van der Waals surface area contributed by atoms with Crippen LogP contribution in [0.15, 0.2) is 0 Å². The van der Waals surface area contributed by atoms with Crippen LogP contribution >= 0.6 is 0 Å². The Hall–Kier alpha value is -0.620. The molecule has 324 valence electrons. The molecule has 55 heavy (non-hydrogen) atoms. The Balaban J connectivity index is 1.47. The maximum atomic E-state index is 11.5. The summed E-state index contributed by atoms with van der Waals surface area (Å²) < 4.78 is 94.2. The number of aliphatic hydroxyl groups is 7. The average Bonchev–Trinajstić information content (AvgIpc) is 3.13. The molecule has 27 heteroatoms. The lowest BCUT2D eigenvalue weighted by atomic mass is 9.83. The first kappa shape index (κ1) is 47.1. The van der Waals surface area contributed by atoms with E-state index in [1.807, 2.05) is 0 Å². The molecule has 4 aliphatic rings. The quantitative estimate of drug-likeness (QED) is 0.0352. The highest BCUT2D eigenvalue weighted by molar-refractivity contribution is 7.74. The van der Waals surface area contributed by atoms with E-state index in [4.69, 9.17) is 57.1 Å². The summed E-state index contributed by atoms with van der Waals surface area (Å²) >= 11 is -5.77. The fraction of sp³-hybridized carbons (Fsp3) is 1.00. The first-order valence-electron chi connectivity index (χ1n) is 16.9. The van der Waals surface area contributed by atoms with E-state index in [1.54, 1.807) is 6.92 Å². The third-order valence-electron chi connectivity index (χ3n) is 9.81. The van der Waals surface area contributed by atoms with E-state index in [0.29, 0.717) is 0 Å². The lowest BCUT2D eigenvalue weighted by Gasteiger charge is -2.46. The van der Waals surface area contributed by atoms with E-state index >= 15 is 0 Å². The predicted octanol–water partition coefficient (Wildman–Crippen LogP) is -4.59. The highest BCUT2D eigenvalue weighted by Crippen LogP contribution is 2.36. The van der Waals surface area contributed by atoms with Crippen molar-refractivity contribution in [2.24, 2.45) is 17.8 Å². The second-order valence-electron chi connectivity index (χ2n) is 13.3. The normalized spacial score (nSPS) is 46.7. The Kier molecular flexibility index (Phi) is 18.5. The molecule has 0 spiro atoms. The van der Waals surface area contributed by atoms with Gasteiger partial charge >= 0.3 is 22.7 Å². The zero-order valence-corrected chi connectivity index (χ0v) is 31.4. The van der Waals surface area contributed by atoms with Crippen molar-refractivity contribution < 1.29 is 120 Å². The summed E-state index contributed by atoms with van der Waals surface area (Å²) in [6.07, 6.45) is -24.2. The van der Waals surface area contributed by atoms with Gasteiger partial charge in [-0.1, -0.05) is 0 Å². The van der Waals surface area contributed by atoms with Crippen LogP contribution in [0.25, 0.3) is 0 Å². The number of ether oxygens (including phenoxy) is 8. The average molecular weight is 851 g/mol. The molecule has 4 saturated heterocycles. The van der Waals surface area contributed by atoms with Crippen LogP contribution in [0.2, 0.25) is 0 Å². The van der Waals surface area contributed by atoms with Gasteiger partial charge in [0.25, 0.3) is 0 Å². The zero-order valence-electron chi connectivity index (χ0n) is 29.8. The van der Waals surface area contributed by atoms with Crippen LogP contribution in [0, 0.1) is 17.8 Å². The summed E-state index contributed by atoms with van der Waals surface area (Å²) in [5.74, 6) is -2.99. The van der Waals surface area contributed by atoms with E-state index in [2.05, 4.69) is 18.4 Å². The van der Waals surface area contributed by atoms with Gasteiger partial charge in [0.05, 0.1) is 44.2 Å². The van der Waals surface area contributed by atoms with Crippen molar-refractivity contribution in [3.63, 3.8) is 0 Å². The third-order valence-corrected chi connectivity index (χ3v) is 10.2. The molecule has 4 heterocycles. The first-order chi connectivity index (χ1) is 26.0. The molecule has 4 aliphatic heterocycles. The number of aliphatic hydroxyl groups excluding tert-OH is 7. The van der Waals surface area contributed by atoms with Crippen LogP contribution < -0.4 is 0 Å². The lowest BCUT2D eigenvalue weighted by molar-refractivity contribution is -0.371. The fourth-order valence-corrected chi connectivity index (χ4v) is 7.08. The zero-order chi connectivity index (χ0) is 40.7. The molecule has 10 unspecified atom stereocenters. The minimum absolute atomic E-state index is 0.357. The molecule has 0 aromatic rings. The molecule has 0 aromatic carbocycles. The number of methoxy groups -OCH3 is 1.